The normalized spacial score (nSPS) is 14.8. The predicted molar refractivity (Wildman–Crippen MR) is 71.6 cm³/mol. The molecular weight excluding hydrogens is 257 g/mol. The monoisotopic (exact) mass is 273 g/mol. The highest BCUT2D eigenvalue weighted by molar-refractivity contribution is 5.92. The van der Waals surface area contributed by atoms with Crippen LogP contribution in [-0.2, 0) is 4.79 Å². The number of nitrogens with one attached hydrogen (secondary N) is 2. The van der Waals surface area contributed by atoms with Crippen molar-refractivity contribution in [2.45, 2.75) is 6.04 Å². The van der Waals surface area contributed by atoms with Gasteiger partial charge < -0.3 is 10.6 Å². The molecule has 0 aliphatic carbocycles. The van der Waals surface area contributed by atoms with Crippen molar-refractivity contribution >= 4 is 24.0 Å². The van der Waals surface area contributed by atoms with E-state index in [1.807, 2.05) is 11.9 Å². The number of carbonyl (C=O) groups excluding carboxylic acids is 1. The third-order valence-corrected chi connectivity index (χ3v) is 2.92. The first-order valence-corrected chi connectivity index (χ1v) is 5.62. The van der Waals surface area contributed by atoms with Crippen LogP contribution in [0.4, 0.5) is 10.1 Å². The first-order valence-electron chi connectivity index (χ1n) is 5.62. The first-order chi connectivity index (χ1) is 8.16. The summed E-state index contributed by atoms with van der Waals surface area (Å²) < 4.78 is 13.3. The van der Waals surface area contributed by atoms with Crippen LogP contribution in [0, 0.1) is 5.82 Å². The number of anilines is 1. The van der Waals surface area contributed by atoms with Gasteiger partial charge in [-0.25, -0.2) is 4.39 Å². The van der Waals surface area contributed by atoms with Gasteiger partial charge in [-0.15, -0.1) is 12.4 Å². The fourth-order valence-electron chi connectivity index (χ4n) is 1.69. The van der Waals surface area contributed by atoms with Crippen molar-refractivity contribution in [3.8, 4) is 0 Å². The van der Waals surface area contributed by atoms with Crippen molar-refractivity contribution in [3.63, 3.8) is 0 Å². The Balaban J connectivity index is 0.00000162. The molecule has 1 heterocycles. The van der Waals surface area contributed by atoms with Crippen LogP contribution >= 0.6 is 12.4 Å². The second kappa shape index (κ2) is 6.68. The van der Waals surface area contributed by atoms with E-state index in [9.17, 15) is 9.18 Å². The molecule has 1 aromatic rings. The molecule has 6 heteroatoms. The lowest BCUT2D eigenvalue weighted by molar-refractivity contribution is -0.117. The van der Waals surface area contributed by atoms with Gasteiger partial charge in [-0.1, -0.05) is 12.1 Å². The van der Waals surface area contributed by atoms with Crippen molar-refractivity contribution in [1.29, 1.82) is 0 Å². The zero-order valence-corrected chi connectivity index (χ0v) is 11.0. The summed E-state index contributed by atoms with van der Waals surface area (Å²) in [5.74, 6) is -0.599. The molecule has 1 aliphatic heterocycles. The number of carbonyl (C=O) groups is 1. The third kappa shape index (κ3) is 3.66. The number of amides is 1. The highest BCUT2D eigenvalue weighted by Gasteiger charge is 2.23. The molecule has 2 N–H and O–H groups in total. The number of hydrogen-bond donors (Lipinski definition) is 2. The van der Waals surface area contributed by atoms with E-state index in [1.54, 1.807) is 18.2 Å². The summed E-state index contributed by atoms with van der Waals surface area (Å²) in [5.41, 5.74) is 0.234. The molecule has 4 nitrogen and oxygen atoms in total. The number of benzene rings is 1. The van der Waals surface area contributed by atoms with Crippen LogP contribution in [0.1, 0.15) is 0 Å². The Morgan fingerprint density at radius 1 is 1.50 bits per heavy atom. The minimum Gasteiger partial charge on any atom is -0.322 e. The van der Waals surface area contributed by atoms with Gasteiger partial charge >= 0.3 is 0 Å². The molecule has 0 aromatic heterocycles. The lowest BCUT2D eigenvalue weighted by atomic mass is 10.1. The first kappa shape index (κ1) is 14.9. The van der Waals surface area contributed by atoms with Crippen molar-refractivity contribution in [1.82, 2.24) is 10.2 Å². The maximum Gasteiger partial charge on any atom is 0.238 e. The van der Waals surface area contributed by atoms with Crippen LogP contribution in [0.25, 0.3) is 0 Å². The smallest absolute Gasteiger partial charge is 0.238 e. The zero-order valence-electron chi connectivity index (χ0n) is 10.1. The van der Waals surface area contributed by atoms with E-state index in [2.05, 4.69) is 10.6 Å². The molecule has 1 aliphatic rings. The zero-order chi connectivity index (χ0) is 12.3. The second-order valence-electron chi connectivity index (χ2n) is 4.26. The summed E-state index contributed by atoms with van der Waals surface area (Å²) in [6.07, 6.45) is 0. The average molecular weight is 274 g/mol. The third-order valence-electron chi connectivity index (χ3n) is 2.92. The fraction of sp³-hybridized carbons (Fsp3) is 0.417. The Labute approximate surface area is 112 Å². The molecular formula is C12H17ClFN3O. The molecule has 1 aromatic carbocycles. The molecule has 100 valence electrons. The number of hydrogen-bond acceptors (Lipinski definition) is 3. The van der Waals surface area contributed by atoms with Crippen molar-refractivity contribution in [3.05, 3.63) is 30.1 Å². The molecule has 1 fully saturated rings. The van der Waals surface area contributed by atoms with Gasteiger partial charge in [0.2, 0.25) is 5.91 Å². The summed E-state index contributed by atoms with van der Waals surface area (Å²) >= 11 is 0. The molecule has 1 saturated heterocycles. The second-order valence-corrected chi connectivity index (χ2v) is 4.26. The summed E-state index contributed by atoms with van der Waals surface area (Å²) in [6.45, 7) is 2.09. The predicted octanol–water partition coefficient (Wildman–Crippen LogP) is 1.09. The van der Waals surface area contributed by atoms with E-state index in [0.29, 0.717) is 6.04 Å². The minimum absolute atomic E-state index is 0. The van der Waals surface area contributed by atoms with Crippen LogP contribution in [0.2, 0.25) is 0 Å². The van der Waals surface area contributed by atoms with Crippen LogP contribution < -0.4 is 10.6 Å². The maximum absolute atomic E-state index is 13.3. The summed E-state index contributed by atoms with van der Waals surface area (Å²) in [5, 5.41) is 5.71. The summed E-state index contributed by atoms with van der Waals surface area (Å²) in [6, 6.07) is 6.57. The van der Waals surface area contributed by atoms with E-state index in [1.165, 1.54) is 6.07 Å². The maximum atomic E-state index is 13.3. The van der Waals surface area contributed by atoms with Crippen LogP contribution in [0.15, 0.2) is 24.3 Å². The van der Waals surface area contributed by atoms with E-state index >= 15 is 0 Å². The fourth-order valence-corrected chi connectivity index (χ4v) is 1.69. The van der Waals surface area contributed by atoms with E-state index in [-0.39, 0.29) is 30.5 Å². The molecule has 0 radical (unpaired) electrons. The Morgan fingerprint density at radius 3 is 2.72 bits per heavy atom. The molecule has 0 saturated carbocycles. The van der Waals surface area contributed by atoms with Crippen molar-refractivity contribution in [2.75, 3.05) is 32.0 Å². The molecule has 0 unspecified atom stereocenters. The van der Waals surface area contributed by atoms with Crippen molar-refractivity contribution in [2.24, 2.45) is 0 Å². The summed E-state index contributed by atoms with van der Waals surface area (Å²) in [7, 11) is 1.90. The van der Waals surface area contributed by atoms with Crippen LogP contribution in [0.3, 0.4) is 0 Å². The van der Waals surface area contributed by atoms with Gasteiger partial charge in [0.25, 0.3) is 0 Å². The van der Waals surface area contributed by atoms with Crippen molar-refractivity contribution < 1.29 is 9.18 Å². The molecule has 0 atom stereocenters. The Morgan fingerprint density at radius 2 is 2.17 bits per heavy atom. The Hall–Kier alpha value is -1.17. The molecule has 2 rings (SSSR count). The number of nitrogens with zero attached hydrogens (tertiary/aromatic N) is 1. The topological polar surface area (TPSA) is 44.4 Å². The molecule has 0 spiro atoms. The molecule has 18 heavy (non-hydrogen) atoms. The highest BCUT2D eigenvalue weighted by Crippen LogP contribution is 2.12. The van der Waals surface area contributed by atoms with E-state index < -0.39 is 5.82 Å². The average Bonchev–Trinajstić information content (AvgIpc) is 2.18. The number of likely N-dealkylation sites (N-methyl/N-ethyl adjacent to an activating group) is 1. The van der Waals surface area contributed by atoms with Gasteiger partial charge in [-0.2, -0.15) is 0 Å². The van der Waals surface area contributed by atoms with Gasteiger partial charge in [-0.3, -0.25) is 9.69 Å². The van der Waals surface area contributed by atoms with Gasteiger partial charge in [-0.05, 0) is 19.2 Å². The largest absolute Gasteiger partial charge is 0.322 e. The SMILES string of the molecule is CN(CC(=O)Nc1ccccc1F)C1CNC1.Cl. The summed E-state index contributed by atoms with van der Waals surface area (Å²) in [4.78, 5) is 13.6. The number of rotatable bonds is 4. The standard InChI is InChI=1S/C12H16FN3O.ClH/c1-16(9-6-14-7-9)8-12(17)15-11-5-3-2-4-10(11)13;/h2-5,9,14H,6-8H2,1H3,(H,15,17);1H. The van der Waals surface area contributed by atoms with Crippen LogP contribution in [-0.4, -0.2) is 43.5 Å². The van der Waals surface area contributed by atoms with Crippen LogP contribution in [0.5, 0.6) is 0 Å². The van der Waals surface area contributed by atoms with E-state index in [4.69, 9.17) is 0 Å². The highest BCUT2D eigenvalue weighted by atomic mass is 35.5. The molecule has 1 amide bonds. The lowest BCUT2D eigenvalue weighted by Crippen LogP contribution is -2.57. The van der Waals surface area contributed by atoms with Gasteiger partial charge in [0.15, 0.2) is 0 Å². The van der Waals surface area contributed by atoms with E-state index in [0.717, 1.165) is 13.1 Å². The van der Waals surface area contributed by atoms with Gasteiger partial charge in [0.1, 0.15) is 5.82 Å². The Kier molecular flexibility index (Phi) is 5.53. The van der Waals surface area contributed by atoms with Gasteiger partial charge in [0, 0.05) is 19.1 Å². The quantitative estimate of drug-likeness (QED) is 0.863. The Bertz CT molecular complexity index is 412. The van der Waals surface area contributed by atoms with Gasteiger partial charge in [0.05, 0.1) is 12.2 Å². The minimum atomic E-state index is -0.409. The lowest BCUT2D eigenvalue weighted by Gasteiger charge is -2.35. The molecule has 0 bridgehead atoms. The number of halogens is 2. The number of para-hydroxylation sites is 1.